The molecule has 0 heterocycles. The highest BCUT2D eigenvalue weighted by molar-refractivity contribution is 7.98. The van der Waals surface area contributed by atoms with Gasteiger partial charge in [-0.2, -0.15) is 11.8 Å². The Morgan fingerprint density at radius 3 is 2.58 bits per heavy atom. The van der Waals surface area contributed by atoms with Crippen LogP contribution in [0.25, 0.3) is 0 Å². The van der Waals surface area contributed by atoms with Crippen LogP contribution in [0.4, 0.5) is 0 Å². The molecule has 0 aromatic rings. The second-order valence-electron chi connectivity index (χ2n) is 2.25. The number of nitrogens with one attached hydrogen (secondary N) is 1. The molecule has 0 saturated heterocycles. The number of carboxylic acid groups (broad SMARTS) is 1. The second kappa shape index (κ2) is 5.70. The minimum atomic E-state index is -1.18. The lowest BCUT2D eigenvalue weighted by Crippen LogP contribution is -2.87. The topological polar surface area (TPSA) is 106 Å². The van der Waals surface area contributed by atoms with Crippen molar-refractivity contribution in [1.82, 2.24) is 0 Å². The number of guanidine groups is 1. The van der Waals surface area contributed by atoms with Crippen LogP contribution in [-0.2, 0) is 4.79 Å². The highest BCUT2D eigenvalue weighted by Gasteiger charge is 2.08. The Morgan fingerprint density at radius 1 is 1.67 bits per heavy atom. The fraction of sp³-hybridized carbons (Fsp3) is 0.667. The van der Waals surface area contributed by atoms with E-state index >= 15 is 0 Å². The number of aliphatic carboxylic acids is 1. The zero-order valence-electron chi connectivity index (χ0n) is 6.87. The number of hydrogen-bond acceptors (Lipinski definition) is 3. The van der Waals surface area contributed by atoms with Crippen molar-refractivity contribution in [3.8, 4) is 0 Å². The van der Waals surface area contributed by atoms with Gasteiger partial charge < -0.3 is 9.90 Å². The molecule has 0 aromatic heterocycles. The van der Waals surface area contributed by atoms with E-state index in [-0.39, 0.29) is 5.96 Å². The zero-order valence-corrected chi connectivity index (χ0v) is 7.69. The van der Waals surface area contributed by atoms with Gasteiger partial charge >= 0.3 is 5.96 Å². The minimum absolute atomic E-state index is 0.0923. The third kappa shape index (κ3) is 4.84. The van der Waals surface area contributed by atoms with E-state index in [4.69, 9.17) is 11.5 Å². The maximum atomic E-state index is 10.4. The lowest BCUT2D eigenvalue weighted by Gasteiger charge is -2.10. The molecule has 0 amide bonds. The van der Waals surface area contributed by atoms with Crippen LogP contribution < -0.4 is 21.6 Å². The van der Waals surface area contributed by atoms with E-state index in [1.165, 1.54) is 0 Å². The first-order valence-electron chi connectivity index (χ1n) is 3.42. The molecular formula is C6H13N3O2S. The van der Waals surface area contributed by atoms with Crippen molar-refractivity contribution in [2.75, 3.05) is 12.0 Å². The van der Waals surface area contributed by atoms with Gasteiger partial charge in [-0.25, -0.2) is 0 Å². The highest BCUT2D eigenvalue weighted by Crippen LogP contribution is 1.96. The molecule has 70 valence electrons. The smallest absolute Gasteiger partial charge is 0.339 e. The summed E-state index contributed by atoms with van der Waals surface area (Å²) in [5.74, 6) is -0.554. The van der Waals surface area contributed by atoms with Crippen molar-refractivity contribution in [3.05, 3.63) is 0 Å². The van der Waals surface area contributed by atoms with E-state index in [2.05, 4.69) is 4.99 Å². The molecule has 0 fully saturated rings. The Balaban J connectivity index is 4.05. The minimum Gasteiger partial charge on any atom is -0.546 e. The van der Waals surface area contributed by atoms with Gasteiger partial charge in [-0.15, -0.1) is 0 Å². The fourth-order valence-corrected chi connectivity index (χ4v) is 1.16. The number of carboxylic acids is 1. The third-order valence-electron chi connectivity index (χ3n) is 1.24. The predicted molar refractivity (Wildman–Crippen MR) is 46.1 cm³/mol. The summed E-state index contributed by atoms with van der Waals surface area (Å²) in [6, 6.07) is -0.789. The fourth-order valence-electron chi connectivity index (χ4n) is 0.686. The van der Waals surface area contributed by atoms with Gasteiger partial charge in [-0.05, 0) is 18.4 Å². The van der Waals surface area contributed by atoms with E-state index in [1.807, 2.05) is 6.26 Å². The van der Waals surface area contributed by atoms with Crippen molar-refractivity contribution >= 4 is 23.7 Å². The molecular weight excluding hydrogens is 178 g/mol. The summed E-state index contributed by atoms with van der Waals surface area (Å²) in [4.78, 5) is 12.8. The molecule has 0 aliphatic rings. The highest BCUT2D eigenvalue weighted by atomic mass is 32.2. The van der Waals surface area contributed by atoms with Gasteiger partial charge in [0.05, 0.1) is 5.97 Å². The van der Waals surface area contributed by atoms with Crippen LogP contribution in [0.2, 0.25) is 0 Å². The Morgan fingerprint density at radius 2 is 2.25 bits per heavy atom. The molecule has 0 aromatic carbocycles. The van der Waals surface area contributed by atoms with Gasteiger partial charge in [-0.3, -0.25) is 16.5 Å². The molecule has 6 heteroatoms. The number of carbonyl (C=O) groups excluding carboxylic acids is 1. The summed E-state index contributed by atoms with van der Waals surface area (Å²) in [6.07, 6.45) is 2.34. The molecule has 12 heavy (non-hydrogen) atoms. The first-order valence-corrected chi connectivity index (χ1v) is 4.81. The maximum absolute atomic E-state index is 10.4. The molecule has 0 saturated carbocycles. The molecule has 0 spiro atoms. The number of hydrogen-bond donors (Lipinski definition) is 3. The Bertz CT molecular complexity index is 180. The molecule has 0 unspecified atom stereocenters. The van der Waals surface area contributed by atoms with Gasteiger partial charge in [-0.1, -0.05) is 0 Å². The number of rotatable bonds is 5. The monoisotopic (exact) mass is 191 g/mol. The molecule has 0 aliphatic carbocycles. The third-order valence-corrected chi connectivity index (χ3v) is 1.88. The summed E-state index contributed by atoms with van der Waals surface area (Å²) in [6.45, 7) is 0. The van der Waals surface area contributed by atoms with Crippen LogP contribution in [0.5, 0.6) is 0 Å². The van der Waals surface area contributed by atoms with Crippen LogP contribution in [0.15, 0.2) is 0 Å². The molecule has 1 atom stereocenters. The van der Waals surface area contributed by atoms with Crippen LogP contribution in [-0.4, -0.2) is 30.0 Å². The van der Waals surface area contributed by atoms with E-state index in [0.717, 1.165) is 5.75 Å². The molecule has 0 radical (unpaired) electrons. The van der Waals surface area contributed by atoms with Gasteiger partial charge in [0.1, 0.15) is 6.04 Å². The normalized spacial score (nSPS) is 12.1. The average molecular weight is 191 g/mol. The second-order valence-corrected chi connectivity index (χ2v) is 3.24. The average Bonchev–Trinajstić information content (AvgIpc) is 1.96. The van der Waals surface area contributed by atoms with Crippen LogP contribution >= 0.6 is 11.8 Å². The number of nitrogens with two attached hydrogens (primary N) is 2. The van der Waals surface area contributed by atoms with Gasteiger partial charge in [0, 0.05) is 0 Å². The molecule has 5 N–H and O–H groups in total. The first-order chi connectivity index (χ1) is 5.57. The van der Waals surface area contributed by atoms with E-state index in [0.29, 0.717) is 6.42 Å². The van der Waals surface area contributed by atoms with E-state index < -0.39 is 12.0 Å². The van der Waals surface area contributed by atoms with Gasteiger partial charge in [0.25, 0.3) is 0 Å². The Kier molecular flexibility index (Phi) is 5.27. The summed E-state index contributed by atoms with van der Waals surface area (Å²) < 4.78 is 0. The van der Waals surface area contributed by atoms with Crippen LogP contribution in [0.3, 0.4) is 0 Å². The lowest BCUT2D eigenvalue weighted by atomic mass is 10.2. The molecule has 0 bridgehead atoms. The van der Waals surface area contributed by atoms with Gasteiger partial charge in [0.15, 0.2) is 0 Å². The summed E-state index contributed by atoms with van der Waals surface area (Å²) >= 11 is 1.55. The van der Waals surface area contributed by atoms with E-state index in [1.54, 1.807) is 11.8 Å². The number of thioether (sulfide) groups is 1. The summed E-state index contributed by atoms with van der Waals surface area (Å²) in [5, 5.41) is 10.4. The summed E-state index contributed by atoms with van der Waals surface area (Å²) in [7, 11) is 0. The van der Waals surface area contributed by atoms with Gasteiger partial charge in [0.2, 0.25) is 0 Å². The zero-order chi connectivity index (χ0) is 9.56. The van der Waals surface area contributed by atoms with Crippen molar-refractivity contribution < 1.29 is 14.9 Å². The Labute approximate surface area is 75.2 Å². The maximum Gasteiger partial charge on any atom is 0.339 e. The lowest BCUT2D eigenvalue weighted by molar-refractivity contribution is -0.508. The summed E-state index contributed by atoms with van der Waals surface area (Å²) in [5.41, 5.74) is 10.2. The van der Waals surface area contributed by atoms with Crippen molar-refractivity contribution in [2.45, 2.75) is 12.5 Å². The predicted octanol–water partition coefficient (Wildman–Crippen LogP) is -3.79. The molecule has 5 nitrogen and oxygen atoms in total. The molecule has 0 aliphatic heterocycles. The SMILES string of the molecule is CSCC[C@H]([NH+]=C(N)N)C(=O)[O-]. The quantitative estimate of drug-likeness (QED) is 0.305. The first kappa shape index (κ1) is 11.1. The standard InChI is InChI=1S/C6H13N3O2S/c1-12-3-2-4(5(10)11)9-6(7)8/h4H,2-3H2,1H3,(H,10,11)(H4,7,8,9)/t4-/m0/s1. The van der Waals surface area contributed by atoms with Crippen molar-refractivity contribution in [2.24, 2.45) is 11.5 Å². The van der Waals surface area contributed by atoms with Crippen LogP contribution in [0.1, 0.15) is 6.42 Å². The van der Waals surface area contributed by atoms with E-state index in [9.17, 15) is 9.90 Å². The molecule has 0 rings (SSSR count). The van der Waals surface area contributed by atoms with Crippen LogP contribution in [0, 0.1) is 0 Å². The number of carbonyl (C=O) groups is 1. The largest absolute Gasteiger partial charge is 0.546 e. The van der Waals surface area contributed by atoms with Crippen molar-refractivity contribution in [1.29, 1.82) is 0 Å². The Hall–Kier alpha value is -0.910. The van der Waals surface area contributed by atoms with Crippen molar-refractivity contribution in [3.63, 3.8) is 0 Å².